The third-order valence-electron chi connectivity index (χ3n) is 5.52. The molecule has 0 saturated carbocycles. The minimum atomic E-state index is -0.457. The number of aromatic nitrogens is 1. The molecule has 0 bridgehead atoms. The number of methoxy groups -OCH3 is 1. The first-order valence-electron chi connectivity index (χ1n) is 9.37. The molecule has 5 heteroatoms. The molecule has 0 unspecified atom stereocenters. The second-order valence-corrected chi connectivity index (χ2v) is 7.21. The first kappa shape index (κ1) is 18.2. The molecule has 0 amide bonds. The Labute approximate surface area is 164 Å². The minimum absolute atomic E-state index is 0.0605. The Kier molecular flexibility index (Phi) is 4.82. The molecule has 1 aromatic heterocycles. The van der Waals surface area contributed by atoms with Gasteiger partial charge in [0.1, 0.15) is 0 Å². The number of carbonyl (C=O) groups is 2. The van der Waals surface area contributed by atoms with Crippen LogP contribution in [0.3, 0.4) is 0 Å². The van der Waals surface area contributed by atoms with Crippen molar-refractivity contribution >= 4 is 11.8 Å². The maximum absolute atomic E-state index is 13.3. The van der Waals surface area contributed by atoms with Crippen LogP contribution in [0.25, 0.3) is 0 Å². The Hall–Kier alpha value is -3.21. The number of ether oxygens (including phenoxy) is 1. The molecule has 2 heterocycles. The zero-order chi connectivity index (χ0) is 19.7. The highest BCUT2D eigenvalue weighted by molar-refractivity contribution is 6.04. The molecule has 4 rings (SSSR count). The van der Waals surface area contributed by atoms with Gasteiger partial charge in [0.25, 0.3) is 0 Å². The van der Waals surface area contributed by atoms with Crippen LogP contribution in [0, 0.1) is 0 Å². The van der Waals surface area contributed by atoms with Gasteiger partial charge in [-0.2, -0.15) is 0 Å². The van der Waals surface area contributed by atoms with E-state index in [-0.39, 0.29) is 11.7 Å². The van der Waals surface area contributed by atoms with Crippen LogP contribution in [-0.4, -0.2) is 23.8 Å². The number of allylic oxidation sites excluding steroid dienone is 3. The molecular formula is C23H22N2O3. The summed E-state index contributed by atoms with van der Waals surface area (Å²) in [5.41, 5.74) is 4.72. The first-order chi connectivity index (χ1) is 13.6. The van der Waals surface area contributed by atoms with Crippen molar-refractivity contribution in [1.29, 1.82) is 0 Å². The number of dihydropyridines is 1. The number of nitrogens with zero attached hydrogens (tertiary/aromatic N) is 1. The van der Waals surface area contributed by atoms with Crippen LogP contribution in [0.2, 0.25) is 0 Å². The second-order valence-electron chi connectivity index (χ2n) is 7.21. The molecule has 0 radical (unpaired) electrons. The quantitative estimate of drug-likeness (QED) is 0.831. The van der Waals surface area contributed by atoms with Crippen LogP contribution >= 0.6 is 0 Å². The zero-order valence-corrected chi connectivity index (χ0v) is 15.9. The van der Waals surface area contributed by atoms with Gasteiger partial charge in [0.05, 0.1) is 12.7 Å². The van der Waals surface area contributed by atoms with Crippen molar-refractivity contribution in [2.45, 2.75) is 31.6 Å². The summed E-state index contributed by atoms with van der Waals surface area (Å²) in [6.07, 6.45) is 4.55. The average Bonchev–Trinajstić information content (AvgIpc) is 2.73. The third kappa shape index (κ3) is 3.13. The molecule has 1 aromatic carbocycles. The van der Waals surface area contributed by atoms with Crippen LogP contribution < -0.4 is 5.32 Å². The lowest BCUT2D eigenvalue weighted by molar-refractivity contribution is -0.136. The molecule has 2 atom stereocenters. The summed E-state index contributed by atoms with van der Waals surface area (Å²) in [4.78, 5) is 30.0. The average molecular weight is 374 g/mol. The molecule has 5 nitrogen and oxygen atoms in total. The standard InChI is InChI=1S/C23H22N2O3/c1-14-20(23(27)28-2)21(16-9-6-10-24-13-16)22-18(25-14)11-17(12-19(22)26)15-7-4-3-5-8-15/h3-10,13,17,21,25H,11-12H2,1-2H3/t17-,21+/m1/s1. The van der Waals surface area contributed by atoms with Crippen molar-refractivity contribution in [2.24, 2.45) is 0 Å². The lowest BCUT2D eigenvalue weighted by Crippen LogP contribution is -2.36. The maximum atomic E-state index is 13.3. The number of carbonyl (C=O) groups excluding carboxylic acids is 2. The maximum Gasteiger partial charge on any atom is 0.336 e. The number of hydrogen-bond donors (Lipinski definition) is 1. The van der Waals surface area contributed by atoms with E-state index < -0.39 is 11.9 Å². The molecule has 0 spiro atoms. The molecule has 1 N–H and O–H groups in total. The lowest BCUT2D eigenvalue weighted by atomic mass is 9.72. The Balaban J connectivity index is 1.81. The van der Waals surface area contributed by atoms with E-state index in [1.165, 1.54) is 7.11 Å². The summed E-state index contributed by atoms with van der Waals surface area (Å²) in [5, 5.41) is 3.33. The molecule has 28 heavy (non-hydrogen) atoms. The number of esters is 1. The Morgan fingerprint density at radius 3 is 2.54 bits per heavy atom. The van der Waals surface area contributed by atoms with E-state index in [9.17, 15) is 9.59 Å². The Morgan fingerprint density at radius 1 is 1.11 bits per heavy atom. The number of nitrogens with one attached hydrogen (secondary N) is 1. The fourth-order valence-corrected chi connectivity index (χ4v) is 4.26. The molecule has 0 saturated heterocycles. The molecule has 1 aliphatic heterocycles. The van der Waals surface area contributed by atoms with Crippen LogP contribution in [0.4, 0.5) is 0 Å². The van der Waals surface area contributed by atoms with Crippen molar-refractivity contribution in [3.63, 3.8) is 0 Å². The van der Waals surface area contributed by atoms with Crippen LogP contribution in [0.1, 0.15) is 42.7 Å². The highest BCUT2D eigenvalue weighted by atomic mass is 16.5. The fraction of sp³-hybridized carbons (Fsp3) is 0.261. The van der Waals surface area contributed by atoms with Gasteiger partial charge in [-0.3, -0.25) is 9.78 Å². The summed E-state index contributed by atoms with van der Waals surface area (Å²) in [6, 6.07) is 13.8. The zero-order valence-electron chi connectivity index (χ0n) is 15.9. The largest absolute Gasteiger partial charge is 0.466 e. The van der Waals surface area contributed by atoms with Crippen LogP contribution in [0.5, 0.6) is 0 Å². The van der Waals surface area contributed by atoms with Gasteiger partial charge in [-0.15, -0.1) is 0 Å². The number of rotatable bonds is 3. The molecule has 142 valence electrons. The third-order valence-corrected chi connectivity index (χ3v) is 5.52. The van der Waals surface area contributed by atoms with Crippen LogP contribution in [-0.2, 0) is 14.3 Å². The van der Waals surface area contributed by atoms with Gasteiger partial charge < -0.3 is 10.1 Å². The van der Waals surface area contributed by atoms with Crippen molar-refractivity contribution in [3.05, 3.63) is 88.5 Å². The van der Waals surface area contributed by atoms with Gasteiger partial charge >= 0.3 is 5.97 Å². The summed E-state index contributed by atoms with van der Waals surface area (Å²) in [7, 11) is 1.36. The van der Waals surface area contributed by atoms with Gasteiger partial charge in [0.15, 0.2) is 5.78 Å². The summed E-state index contributed by atoms with van der Waals surface area (Å²) in [6.45, 7) is 1.86. The van der Waals surface area contributed by atoms with E-state index >= 15 is 0 Å². The monoisotopic (exact) mass is 374 g/mol. The predicted octanol–water partition coefficient (Wildman–Crippen LogP) is 3.62. The summed E-state index contributed by atoms with van der Waals surface area (Å²) >= 11 is 0. The van der Waals surface area contributed by atoms with E-state index in [1.807, 2.05) is 37.3 Å². The van der Waals surface area contributed by atoms with Gasteiger partial charge in [-0.1, -0.05) is 36.4 Å². The summed E-state index contributed by atoms with van der Waals surface area (Å²) in [5.74, 6) is -0.697. The van der Waals surface area contributed by atoms with Crippen molar-refractivity contribution in [2.75, 3.05) is 7.11 Å². The van der Waals surface area contributed by atoms with E-state index in [0.29, 0.717) is 17.6 Å². The normalized spacial score (nSPS) is 21.9. The number of ketones is 1. The predicted molar refractivity (Wildman–Crippen MR) is 105 cm³/mol. The topological polar surface area (TPSA) is 68.3 Å². The molecule has 1 aliphatic carbocycles. The van der Waals surface area contributed by atoms with Gasteiger partial charge in [-0.25, -0.2) is 4.79 Å². The SMILES string of the molecule is COC(=O)C1=C(C)NC2=C(C(=O)C[C@H](c3ccccc3)C2)[C@H]1c1cccnc1. The fourth-order valence-electron chi connectivity index (χ4n) is 4.26. The van der Waals surface area contributed by atoms with E-state index in [4.69, 9.17) is 4.74 Å². The van der Waals surface area contributed by atoms with Gasteiger partial charge in [0.2, 0.25) is 0 Å². The second kappa shape index (κ2) is 7.43. The Morgan fingerprint density at radius 2 is 1.86 bits per heavy atom. The van der Waals surface area contributed by atoms with E-state index in [0.717, 1.165) is 28.9 Å². The minimum Gasteiger partial charge on any atom is -0.466 e. The highest BCUT2D eigenvalue weighted by Crippen LogP contribution is 2.45. The molecule has 2 aliphatic rings. The molecular weight excluding hydrogens is 352 g/mol. The number of benzene rings is 1. The van der Waals surface area contributed by atoms with Crippen molar-refractivity contribution in [1.82, 2.24) is 10.3 Å². The number of Topliss-reactive ketones (excluding diaryl/α,β-unsaturated/α-hetero) is 1. The van der Waals surface area contributed by atoms with Crippen molar-refractivity contribution < 1.29 is 14.3 Å². The van der Waals surface area contributed by atoms with E-state index in [1.54, 1.807) is 12.4 Å². The number of hydrogen-bond acceptors (Lipinski definition) is 5. The highest BCUT2D eigenvalue weighted by Gasteiger charge is 2.41. The first-order valence-corrected chi connectivity index (χ1v) is 9.37. The van der Waals surface area contributed by atoms with Gasteiger partial charge in [0, 0.05) is 41.7 Å². The van der Waals surface area contributed by atoms with Crippen LogP contribution in [0.15, 0.2) is 77.4 Å². The lowest BCUT2D eigenvalue weighted by Gasteiger charge is -2.36. The molecule has 0 fully saturated rings. The smallest absolute Gasteiger partial charge is 0.336 e. The van der Waals surface area contributed by atoms with Gasteiger partial charge in [-0.05, 0) is 36.5 Å². The van der Waals surface area contributed by atoms with E-state index in [2.05, 4.69) is 22.4 Å². The molecule has 2 aromatic rings. The van der Waals surface area contributed by atoms with Crippen molar-refractivity contribution in [3.8, 4) is 0 Å². The summed E-state index contributed by atoms with van der Waals surface area (Å²) < 4.78 is 5.03. The Bertz CT molecular complexity index is 977. The number of pyridine rings is 1.